The Morgan fingerprint density at radius 1 is 0.938 bits per heavy atom. The third-order valence-electron chi connectivity index (χ3n) is 8.63. The summed E-state index contributed by atoms with van der Waals surface area (Å²) in [6.07, 6.45) is 4.25. The van der Waals surface area contributed by atoms with Crippen LogP contribution in [0.25, 0.3) is 0 Å². The van der Waals surface area contributed by atoms with Crippen LogP contribution in [0, 0.1) is 0 Å². The second-order valence-corrected chi connectivity index (χ2v) is 13.9. The molecule has 0 bridgehead atoms. The average molecular weight is 667 g/mol. The van der Waals surface area contributed by atoms with Gasteiger partial charge in [-0.2, -0.15) is 0 Å². The minimum Gasteiger partial charge on any atom is -0.493 e. The number of ether oxygens (including phenoxy) is 4. The minimum absolute atomic E-state index is 0.125. The van der Waals surface area contributed by atoms with Crippen molar-refractivity contribution >= 4 is 23.7 Å². The first kappa shape index (κ1) is 36.8. The molecule has 0 spiro atoms. The second kappa shape index (κ2) is 16.9. The molecule has 11 nitrogen and oxygen atoms in total. The van der Waals surface area contributed by atoms with Crippen LogP contribution in [-0.2, 0) is 9.47 Å². The van der Waals surface area contributed by atoms with Crippen LogP contribution >= 0.6 is 0 Å². The van der Waals surface area contributed by atoms with Gasteiger partial charge in [-0.1, -0.05) is 18.2 Å². The van der Waals surface area contributed by atoms with E-state index < -0.39 is 11.7 Å². The van der Waals surface area contributed by atoms with Crippen molar-refractivity contribution < 1.29 is 33.3 Å². The quantitative estimate of drug-likeness (QED) is 0.221. The summed E-state index contributed by atoms with van der Waals surface area (Å²) >= 11 is 0. The molecule has 2 fully saturated rings. The number of para-hydroxylation sites is 1. The number of urea groups is 1. The lowest BCUT2D eigenvalue weighted by atomic mass is 9.93. The molecule has 4 amide bonds. The van der Waals surface area contributed by atoms with Crippen molar-refractivity contribution in [2.45, 2.75) is 103 Å². The number of carbonyl (C=O) groups excluding carboxylic acids is 3. The molecule has 2 aliphatic rings. The molecule has 1 N–H and O–H groups in total. The molecule has 1 saturated carbocycles. The number of likely N-dealkylation sites (tertiary alicyclic amines) is 1. The van der Waals surface area contributed by atoms with Gasteiger partial charge in [-0.05, 0) is 97.1 Å². The normalized spacial score (nSPS) is 17.9. The van der Waals surface area contributed by atoms with Crippen LogP contribution in [0.5, 0.6) is 11.5 Å². The fraction of sp³-hybridized carbons (Fsp3) is 0.595. The summed E-state index contributed by atoms with van der Waals surface area (Å²) in [4.78, 5) is 46.7. The largest absolute Gasteiger partial charge is 0.493 e. The molecule has 264 valence electrons. The standard InChI is InChI=1S/C37H54N4O7/c1-26(2)41(34(42)27-14-19-32(46-7)33(24-27)47-23-11-22-45-6)31-18-17-30(40(25-31)36(44)48-37(3,4)5)20-21-39(29-15-16-29)35(43)38-28-12-9-8-10-13-28/h8-10,12-14,19,24,26,29-31H,11,15-18,20-23,25H2,1-7H3,(H,38,43)/t30-,31-/m1/s1. The first-order chi connectivity index (χ1) is 22.9. The highest BCUT2D eigenvalue weighted by atomic mass is 16.6. The zero-order valence-corrected chi connectivity index (χ0v) is 29.7. The average Bonchev–Trinajstić information content (AvgIpc) is 3.88. The lowest BCUT2D eigenvalue weighted by Crippen LogP contribution is -2.58. The van der Waals surface area contributed by atoms with Gasteiger partial charge < -0.3 is 39.0 Å². The number of piperidine rings is 1. The summed E-state index contributed by atoms with van der Waals surface area (Å²) in [5, 5.41) is 3.02. The maximum Gasteiger partial charge on any atom is 0.410 e. The molecule has 1 heterocycles. The van der Waals surface area contributed by atoms with Crippen molar-refractivity contribution in [2.24, 2.45) is 0 Å². The van der Waals surface area contributed by atoms with Crippen LogP contribution in [0.1, 0.15) is 83.5 Å². The SMILES string of the molecule is COCCCOc1cc(C(=O)N(C(C)C)[C@@H]2CC[C@H](CCN(C(=O)Nc3ccccc3)C3CC3)N(C(=O)OC(C)(C)C)C2)ccc1OC. The molecular weight excluding hydrogens is 612 g/mol. The molecule has 0 aromatic heterocycles. The van der Waals surface area contributed by atoms with Crippen molar-refractivity contribution in [3.8, 4) is 11.5 Å². The minimum atomic E-state index is -0.680. The van der Waals surface area contributed by atoms with Gasteiger partial charge >= 0.3 is 12.1 Å². The van der Waals surface area contributed by atoms with E-state index in [1.807, 2.05) is 74.8 Å². The van der Waals surface area contributed by atoms with Crippen LogP contribution in [0.4, 0.5) is 15.3 Å². The van der Waals surface area contributed by atoms with Gasteiger partial charge in [-0.15, -0.1) is 0 Å². The molecule has 2 aromatic rings. The summed E-state index contributed by atoms with van der Waals surface area (Å²) in [6, 6.07) is 14.3. The van der Waals surface area contributed by atoms with Gasteiger partial charge in [-0.3, -0.25) is 4.79 Å². The Morgan fingerprint density at radius 3 is 2.27 bits per heavy atom. The smallest absolute Gasteiger partial charge is 0.410 e. The van der Waals surface area contributed by atoms with Gasteiger partial charge in [0.2, 0.25) is 0 Å². The van der Waals surface area contributed by atoms with E-state index in [0.717, 1.165) is 18.5 Å². The Balaban J connectivity index is 1.50. The monoisotopic (exact) mass is 666 g/mol. The lowest BCUT2D eigenvalue weighted by Gasteiger charge is -2.45. The van der Waals surface area contributed by atoms with Gasteiger partial charge in [-0.25, -0.2) is 9.59 Å². The van der Waals surface area contributed by atoms with Crippen molar-refractivity contribution in [3.63, 3.8) is 0 Å². The third-order valence-corrected chi connectivity index (χ3v) is 8.63. The van der Waals surface area contributed by atoms with Crippen molar-refractivity contribution in [3.05, 3.63) is 54.1 Å². The van der Waals surface area contributed by atoms with Crippen molar-refractivity contribution in [2.75, 3.05) is 45.8 Å². The molecule has 11 heteroatoms. The molecule has 2 atom stereocenters. The Kier molecular flexibility index (Phi) is 13.0. The van der Waals surface area contributed by atoms with Crippen LogP contribution in [0.15, 0.2) is 48.5 Å². The van der Waals surface area contributed by atoms with E-state index in [9.17, 15) is 14.4 Å². The zero-order chi connectivity index (χ0) is 34.8. The van der Waals surface area contributed by atoms with Crippen molar-refractivity contribution in [1.82, 2.24) is 14.7 Å². The molecule has 1 saturated heterocycles. The van der Waals surface area contributed by atoms with E-state index in [0.29, 0.717) is 69.0 Å². The molecule has 0 radical (unpaired) electrons. The number of amides is 4. The summed E-state index contributed by atoms with van der Waals surface area (Å²) < 4.78 is 22.5. The van der Waals surface area contributed by atoms with E-state index in [1.54, 1.807) is 37.3 Å². The summed E-state index contributed by atoms with van der Waals surface area (Å²) in [7, 11) is 3.22. The Bertz CT molecular complexity index is 1360. The predicted molar refractivity (Wildman–Crippen MR) is 186 cm³/mol. The number of carbonyl (C=O) groups is 3. The first-order valence-corrected chi connectivity index (χ1v) is 17.2. The maximum absolute atomic E-state index is 14.1. The Labute approximate surface area is 285 Å². The topological polar surface area (TPSA) is 110 Å². The van der Waals surface area contributed by atoms with E-state index in [1.165, 1.54) is 0 Å². The lowest BCUT2D eigenvalue weighted by molar-refractivity contribution is -0.00872. The maximum atomic E-state index is 14.1. The summed E-state index contributed by atoms with van der Waals surface area (Å²) in [5.41, 5.74) is 0.561. The second-order valence-electron chi connectivity index (χ2n) is 13.9. The molecule has 1 aliphatic carbocycles. The number of rotatable bonds is 14. The van der Waals surface area contributed by atoms with Gasteiger partial charge in [0.15, 0.2) is 11.5 Å². The van der Waals surface area contributed by atoms with Gasteiger partial charge in [0.05, 0.1) is 19.8 Å². The number of methoxy groups -OCH3 is 2. The van der Waals surface area contributed by atoms with E-state index >= 15 is 0 Å². The predicted octanol–water partition coefficient (Wildman–Crippen LogP) is 6.82. The van der Waals surface area contributed by atoms with E-state index in [2.05, 4.69) is 5.32 Å². The number of nitrogens with zero attached hydrogens (tertiary/aromatic N) is 3. The molecule has 48 heavy (non-hydrogen) atoms. The fourth-order valence-corrected chi connectivity index (χ4v) is 6.20. The summed E-state index contributed by atoms with van der Waals surface area (Å²) in [6.45, 7) is 11.4. The van der Waals surface area contributed by atoms with Gasteiger partial charge in [0, 0.05) is 62.6 Å². The Hall–Kier alpha value is -3.99. The highest BCUT2D eigenvalue weighted by molar-refractivity contribution is 5.95. The molecule has 1 aliphatic heterocycles. The van der Waals surface area contributed by atoms with E-state index in [-0.39, 0.29) is 36.1 Å². The number of hydrogen-bond acceptors (Lipinski definition) is 7. The molecule has 2 aromatic carbocycles. The highest BCUT2D eigenvalue weighted by Gasteiger charge is 2.40. The van der Waals surface area contributed by atoms with Gasteiger partial charge in [0.1, 0.15) is 5.60 Å². The number of nitrogens with one attached hydrogen (secondary N) is 1. The highest BCUT2D eigenvalue weighted by Crippen LogP contribution is 2.33. The third kappa shape index (κ3) is 10.3. The Morgan fingerprint density at radius 2 is 1.65 bits per heavy atom. The first-order valence-electron chi connectivity index (χ1n) is 17.2. The van der Waals surface area contributed by atoms with Crippen LogP contribution in [0.2, 0.25) is 0 Å². The van der Waals surface area contributed by atoms with Crippen molar-refractivity contribution in [1.29, 1.82) is 0 Å². The number of hydrogen-bond donors (Lipinski definition) is 1. The van der Waals surface area contributed by atoms with Crippen LogP contribution in [-0.4, -0.2) is 103 Å². The number of anilines is 1. The molecule has 4 rings (SSSR count). The number of benzene rings is 2. The summed E-state index contributed by atoms with van der Waals surface area (Å²) in [5.74, 6) is 0.910. The van der Waals surface area contributed by atoms with Crippen LogP contribution < -0.4 is 14.8 Å². The molecular formula is C37H54N4O7. The zero-order valence-electron chi connectivity index (χ0n) is 29.7. The van der Waals surface area contributed by atoms with Gasteiger partial charge in [0.25, 0.3) is 5.91 Å². The van der Waals surface area contributed by atoms with Crippen LogP contribution in [0.3, 0.4) is 0 Å². The fourth-order valence-electron chi connectivity index (χ4n) is 6.20. The van der Waals surface area contributed by atoms with E-state index in [4.69, 9.17) is 18.9 Å². The molecule has 0 unspecified atom stereocenters.